The van der Waals surface area contributed by atoms with Crippen molar-refractivity contribution in [3.05, 3.63) is 70.9 Å². The summed E-state index contributed by atoms with van der Waals surface area (Å²) in [6, 6.07) is 14.5. The summed E-state index contributed by atoms with van der Waals surface area (Å²) in [6.07, 6.45) is -3.27. The SMILES string of the molecule is COc1ccc(CCC(C)NC(=O)COc2cc(C(F)(F)F)nn2-c2ccccc2Cl)cc1. The minimum atomic E-state index is -4.68. The van der Waals surface area contributed by atoms with Gasteiger partial charge in [-0.2, -0.15) is 23.0 Å². The van der Waals surface area contributed by atoms with E-state index in [1.807, 2.05) is 31.2 Å². The van der Waals surface area contributed by atoms with Crippen LogP contribution in [0, 0.1) is 0 Å². The minimum absolute atomic E-state index is 0.164. The summed E-state index contributed by atoms with van der Waals surface area (Å²) >= 11 is 6.10. The maximum Gasteiger partial charge on any atom is 0.435 e. The minimum Gasteiger partial charge on any atom is -0.497 e. The Morgan fingerprint density at radius 1 is 1.18 bits per heavy atom. The first-order chi connectivity index (χ1) is 15.7. The lowest BCUT2D eigenvalue weighted by Crippen LogP contribution is -2.36. The zero-order chi connectivity index (χ0) is 24.0. The number of rotatable bonds is 9. The number of amides is 1. The maximum absolute atomic E-state index is 13.2. The average molecular weight is 482 g/mol. The predicted molar refractivity (Wildman–Crippen MR) is 118 cm³/mol. The number of methoxy groups -OCH3 is 1. The lowest BCUT2D eigenvalue weighted by atomic mass is 10.1. The molecule has 3 aromatic rings. The van der Waals surface area contributed by atoms with E-state index in [0.717, 1.165) is 28.5 Å². The summed E-state index contributed by atoms with van der Waals surface area (Å²) in [7, 11) is 1.60. The lowest BCUT2D eigenvalue weighted by molar-refractivity contribution is -0.141. The molecular weight excluding hydrogens is 459 g/mol. The van der Waals surface area contributed by atoms with Crippen LogP contribution in [0.15, 0.2) is 54.6 Å². The molecule has 0 saturated carbocycles. The van der Waals surface area contributed by atoms with Gasteiger partial charge in [0.05, 0.1) is 17.8 Å². The first-order valence-corrected chi connectivity index (χ1v) is 10.5. The number of aryl methyl sites for hydroxylation is 1. The van der Waals surface area contributed by atoms with Crippen molar-refractivity contribution in [2.45, 2.75) is 32.0 Å². The van der Waals surface area contributed by atoms with Gasteiger partial charge in [-0.15, -0.1) is 0 Å². The number of hydrogen-bond donors (Lipinski definition) is 1. The van der Waals surface area contributed by atoms with Crippen LogP contribution in [0.5, 0.6) is 11.6 Å². The third-order valence-electron chi connectivity index (χ3n) is 4.83. The molecule has 6 nitrogen and oxygen atoms in total. The predicted octanol–water partition coefficient (Wildman–Crippen LogP) is 5.07. The first kappa shape index (κ1) is 24.4. The number of hydrogen-bond acceptors (Lipinski definition) is 4. The van der Waals surface area contributed by atoms with E-state index in [1.54, 1.807) is 19.2 Å². The fourth-order valence-electron chi connectivity index (χ4n) is 3.10. The molecule has 1 atom stereocenters. The number of ether oxygens (including phenoxy) is 2. The Balaban J connectivity index is 1.60. The van der Waals surface area contributed by atoms with E-state index in [2.05, 4.69) is 10.4 Å². The molecule has 33 heavy (non-hydrogen) atoms. The number of carbonyl (C=O) groups is 1. The molecule has 0 fully saturated rings. The second-order valence-electron chi connectivity index (χ2n) is 7.37. The number of aromatic nitrogens is 2. The third-order valence-corrected chi connectivity index (χ3v) is 5.15. The summed E-state index contributed by atoms with van der Waals surface area (Å²) < 4.78 is 51.0. The fraction of sp³-hybridized carbons (Fsp3) is 0.304. The van der Waals surface area contributed by atoms with Crippen molar-refractivity contribution in [2.75, 3.05) is 13.7 Å². The Hall–Kier alpha value is -3.20. The molecule has 0 bridgehead atoms. The number of alkyl halides is 3. The van der Waals surface area contributed by atoms with Crippen molar-refractivity contribution in [3.63, 3.8) is 0 Å². The summed E-state index contributed by atoms with van der Waals surface area (Å²) in [4.78, 5) is 12.3. The number of para-hydroxylation sites is 1. The summed E-state index contributed by atoms with van der Waals surface area (Å²) in [5.41, 5.74) is 0.153. The Bertz CT molecular complexity index is 1080. The quantitative estimate of drug-likeness (QED) is 0.463. The van der Waals surface area contributed by atoms with Crippen LogP contribution in [0.1, 0.15) is 24.6 Å². The Morgan fingerprint density at radius 2 is 1.88 bits per heavy atom. The average Bonchev–Trinajstić information content (AvgIpc) is 3.21. The van der Waals surface area contributed by atoms with Gasteiger partial charge in [-0.25, -0.2) is 0 Å². The molecule has 0 spiro atoms. The van der Waals surface area contributed by atoms with Gasteiger partial charge in [-0.1, -0.05) is 35.9 Å². The molecule has 3 rings (SSSR count). The Labute approximate surface area is 194 Å². The Morgan fingerprint density at radius 3 is 2.52 bits per heavy atom. The molecule has 0 saturated heterocycles. The molecule has 0 aliphatic rings. The smallest absolute Gasteiger partial charge is 0.435 e. The van der Waals surface area contributed by atoms with E-state index < -0.39 is 24.4 Å². The van der Waals surface area contributed by atoms with Crippen LogP contribution in [0.25, 0.3) is 5.69 Å². The monoisotopic (exact) mass is 481 g/mol. The van der Waals surface area contributed by atoms with Gasteiger partial charge in [0.15, 0.2) is 12.3 Å². The van der Waals surface area contributed by atoms with E-state index in [-0.39, 0.29) is 22.6 Å². The van der Waals surface area contributed by atoms with E-state index in [0.29, 0.717) is 6.42 Å². The number of nitrogens with one attached hydrogen (secondary N) is 1. The van der Waals surface area contributed by atoms with Crippen molar-refractivity contribution in [2.24, 2.45) is 0 Å². The van der Waals surface area contributed by atoms with Crippen molar-refractivity contribution >= 4 is 17.5 Å². The number of carbonyl (C=O) groups excluding carboxylic acids is 1. The van der Waals surface area contributed by atoms with Crippen molar-refractivity contribution < 1.29 is 27.4 Å². The molecule has 176 valence electrons. The van der Waals surface area contributed by atoms with Gasteiger partial charge in [-0.05, 0) is 49.6 Å². The normalized spacial score (nSPS) is 12.3. The van der Waals surface area contributed by atoms with Crippen molar-refractivity contribution in [1.82, 2.24) is 15.1 Å². The second kappa shape index (κ2) is 10.6. The van der Waals surface area contributed by atoms with Crippen molar-refractivity contribution in [1.29, 1.82) is 0 Å². The highest BCUT2D eigenvalue weighted by atomic mass is 35.5. The van der Waals surface area contributed by atoms with Crippen LogP contribution >= 0.6 is 11.6 Å². The van der Waals surface area contributed by atoms with Crippen LogP contribution in [0.3, 0.4) is 0 Å². The fourth-order valence-corrected chi connectivity index (χ4v) is 3.32. The lowest BCUT2D eigenvalue weighted by Gasteiger charge is -2.15. The zero-order valence-electron chi connectivity index (χ0n) is 18.0. The summed E-state index contributed by atoms with van der Waals surface area (Å²) in [5.74, 6) is 0.0659. The van der Waals surface area contributed by atoms with Crippen LogP contribution in [0.4, 0.5) is 13.2 Å². The van der Waals surface area contributed by atoms with E-state index in [9.17, 15) is 18.0 Å². The second-order valence-corrected chi connectivity index (χ2v) is 7.78. The molecule has 0 aliphatic carbocycles. The van der Waals surface area contributed by atoms with Gasteiger partial charge >= 0.3 is 6.18 Å². The van der Waals surface area contributed by atoms with Crippen LogP contribution in [-0.4, -0.2) is 35.4 Å². The van der Waals surface area contributed by atoms with Gasteiger partial charge in [0, 0.05) is 12.1 Å². The van der Waals surface area contributed by atoms with Crippen LogP contribution in [0.2, 0.25) is 5.02 Å². The molecule has 1 aromatic heterocycles. The topological polar surface area (TPSA) is 65.4 Å². The van der Waals surface area contributed by atoms with Gasteiger partial charge in [0.1, 0.15) is 5.75 Å². The molecule has 10 heteroatoms. The van der Waals surface area contributed by atoms with E-state index in [4.69, 9.17) is 21.1 Å². The standard InChI is InChI=1S/C23H23ClF3N3O3/c1-15(7-8-16-9-11-17(32-2)12-10-16)28-21(31)14-33-22-13-20(23(25,26)27)29-30(22)19-6-4-3-5-18(19)24/h3-6,9-13,15H,7-8,14H2,1-2H3,(H,28,31). The zero-order valence-corrected chi connectivity index (χ0v) is 18.8. The molecule has 1 unspecified atom stereocenters. The molecule has 1 N–H and O–H groups in total. The molecule has 1 amide bonds. The third kappa shape index (κ3) is 6.64. The molecule has 2 aromatic carbocycles. The summed E-state index contributed by atoms with van der Waals surface area (Å²) in [6.45, 7) is 1.37. The van der Waals surface area contributed by atoms with Crippen LogP contribution < -0.4 is 14.8 Å². The van der Waals surface area contributed by atoms with Gasteiger partial charge < -0.3 is 14.8 Å². The van der Waals surface area contributed by atoms with E-state index in [1.165, 1.54) is 12.1 Å². The van der Waals surface area contributed by atoms with Crippen molar-refractivity contribution in [3.8, 4) is 17.3 Å². The van der Waals surface area contributed by atoms with Crippen LogP contribution in [-0.2, 0) is 17.4 Å². The molecule has 1 heterocycles. The largest absolute Gasteiger partial charge is 0.497 e. The highest BCUT2D eigenvalue weighted by Crippen LogP contribution is 2.33. The highest BCUT2D eigenvalue weighted by Gasteiger charge is 2.36. The van der Waals surface area contributed by atoms with Gasteiger partial charge in [-0.3, -0.25) is 4.79 Å². The number of halogens is 4. The summed E-state index contributed by atoms with van der Waals surface area (Å²) in [5, 5.41) is 6.54. The number of nitrogens with zero attached hydrogens (tertiary/aromatic N) is 2. The Kier molecular flexibility index (Phi) is 7.86. The molecular formula is C23H23ClF3N3O3. The van der Waals surface area contributed by atoms with Gasteiger partial charge in [0.2, 0.25) is 5.88 Å². The number of benzene rings is 2. The maximum atomic E-state index is 13.2. The first-order valence-electron chi connectivity index (χ1n) is 10.1. The van der Waals surface area contributed by atoms with Gasteiger partial charge in [0.25, 0.3) is 5.91 Å². The molecule has 0 aliphatic heterocycles. The van der Waals surface area contributed by atoms with E-state index >= 15 is 0 Å². The molecule has 0 radical (unpaired) electrons. The highest BCUT2D eigenvalue weighted by molar-refractivity contribution is 6.32.